The second-order valence-electron chi connectivity index (χ2n) is 10.7. The average molecular weight is 560 g/mol. The molecule has 6 heteroatoms. The van der Waals surface area contributed by atoms with Crippen molar-refractivity contribution in [1.29, 1.82) is 0 Å². The lowest BCUT2D eigenvalue weighted by molar-refractivity contribution is 0.174. The van der Waals surface area contributed by atoms with Crippen LogP contribution in [0, 0.1) is 0 Å². The smallest absolute Gasteiger partial charge is 0.231 e. The molecule has 0 aliphatic carbocycles. The van der Waals surface area contributed by atoms with Crippen LogP contribution in [0.15, 0.2) is 103 Å². The van der Waals surface area contributed by atoms with Crippen LogP contribution in [0.25, 0.3) is 22.6 Å². The molecule has 6 rings (SSSR count). The maximum atomic E-state index is 5.70. The van der Waals surface area contributed by atoms with E-state index in [0.717, 1.165) is 78.9 Å². The molecule has 0 spiro atoms. The Morgan fingerprint density at radius 1 is 0.762 bits per heavy atom. The van der Waals surface area contributed by atoms with Gasteiger partial charge in [-0.05, 0) is 41.8 Å². The Morgan fingerprint density at radius 3 is 2.29 bits per heavy atom. The predicted molar refractivity (Wildman–Crippen MR) is 167 cm³/mol. The summed E-state index contributed by atoms with van der Waals surface area (Å²) in [6.45, 7) is 5.69. The van der Waals surface area contributed by atoms with E-state index in [0.29, 0.717) is 0 Å². The number of nitrogens with zero attached hydrogens (tertiary/aromatic N) is 3. The minimum absolute atomic E-state index is 0.274. The molecular weight excluding hydrogens is 522 g/mol. The van der Waals surface area contributed by atoms with Gasteiger partial charge >= 0.3 is 0 Å². The number of fused-ring (bicyclic) bond motifs is 1. The number of imidazole rings is 1. The SMILES string of the molecule is CCCCn1c(-c2cccc(OC)c2)nc(-c2ccccc2)c1CN(Cc1ccccc1)Cc1ccc2c(c1)OCO2. The van der Waals surface area contributed by atoms with E-state index >= 15 is 0 Å². The Bertz CT molecular complexity index is 1620. The van der Waals surface area contributed by atoms with Crippen LogP contribution in [-0.2, 0) is 26.2 Å². The van der Waals surface area contributed by atoms with E-state index in [1.54, 1.807) is 7.11 Å². The van der Waals surface area contributed by atoms with Crippen LogP contribution in [0.1, 0.15) is 36.6 Å². The molecule has 0 amide bonds. The van der Waals surface area contributed by atoms with Crippen molar-refractivity contribution < 1.29 is 14.2 Å². The van der Waals surface area contributed by atoms with E-state index in [9.17, 15) is 0 Å². The number of aromatic nitrogens is 2. The standard InChI is InChI=1S/C36H37N3O3/c1-3-4-20-39-32(35(29-14-9-6-10-15-29)37-36(39)30-16-11-17-31(22-30)40-2)25-38(23-27-12-7-5-8-13-27)24-28-18-19-33-34(21-28)42-26-41-33/h5-19,21-22H,3-4,20,23-26H2,1-2H3. The lowest BCUT2D eigenvalue weighted by Gasteiger charge is -2.25. The molecule has 214 valence electrons. The molecule has 1 aliphatic rings. The third-order valence-electron chi connectivity index (χ3n) is 7.65. The Balaban J connectivity index is 1.45. The fourth-order valence-electron chi connectivity index (χ4n) is 5.53. The van der Waals surface area contributed by atoms with Crippen molar-refractivity contribution in [2.45, 2.75) is 45.9 Å². The van der Waals surface area contributed by atoms with Crippen LogP contribution in [0.3, 0.4) is 0 Å². The summed E-state index contributed by atoms with van der Waals surface area (Å²) in [7, 11) is 1.71. The minimum Gasteiger partial charge on any atom is -0.497 e. The highest BCUT2D eigenvalue weighted by molar-refractivity contribution is 5.69. The van der Waals surface area contributed by atoms with Gasteiger partial charge in [-0.25, -0.2) is 4.98 Å². The number of hydrogen-bond acceptors (Lipinski definition) is 5. The highest BCUT2D eigenvalue weighted by Crippen LogP contribution is 2.35. The van der Waals surface area contributed by atoms with Crippen LogP contribution < -0.4 is 14.2 Å². The molecule has 0 saturated carbocycles. The van der Waals surface area contributed by atoms with Crippen molar-refractivity contribution in [2.75, 3.05) is 13.9 Å². The summed E-state index contributed by atoms with van der Waals surface area (Å²) >= 11 is 0. The van der Waals surface area contributed by atoms with Crippen LogP contribution in [0.5, 0.6) is 17.2 Å². The summed E-state index contributed by atoms with van der Waals surface area (Å²) in [6, 6.07) is 35.7. The third kappa shape index (κ3) is 6.19. The van der Waals surface area contributed by atoms with Gasteiger partial charge in [-0.1, -0.05) is 92.2 Å². The molecule has 0 fully saturated rings. The molecule has 0 N–H and O–H groups in total. The number of unbranched alkanes of at least 4 members (excludes halogenated alkanes) is 1. The maximum absolute atomic E-state index is 5.70. The Labute approximate surface area is 248 Å². The number of ether oxygens (including phenoxy) is 3. The second kappa shape index (κ2) is 13.0. The summed E-state index contributed by atoms with van der Waals surface area (Å²) in [5.74, 6) is 3.42. The molecule has 2 heterocycles. The van der Waals surface area contributed by atoms with Crippen molar-refractivity contribution in [3.63, 3.8) is 0 Å². The van der Waals surface area contributed by atoms with Gasteiger partial charge in [0, 0.05) is 37.3 Å². The molecule has 5 aromatic rings. The first-order valence-electron chi connectivity index (χ1n) is 14.7. The van der Waals surface area contributed by atoms with Crippen molar-refractivity contribution in [3.8, 4) is 39.9 Å². The predicted octanol–water partition coefficient (Wildman–Crippen LogP) is 7.96. The summed E-state index contributed by atoms with van der Waals surface area (Å²) in [6.07, 6.45) is 2.16. The highest BCUT2D eigenvalue weighted by Gasteiger charge is 2.23. The van der Waals surface area contributed by atoms with Gasteiger partial charge in [0.15, 0.2) is 11.5 Å². The molecular formula is C36H37N3O3. The van der Waals surface area contributed by atoms with Crippen LogP contribution >= 0.6 is 0 Å². The molecule has 0 saturated heterocycles. The molecule has 0 bridgehead atoms. The summed E-state index contributed by atoms with van der Waals surface area (Å²) in [5.41, 5.74) is 6.86. The molecule has 6 nitrogen and oxygen atoms in total. The molecule has 0 unspecified atom stereocenters. The van der Waals surface area contributed by atoms with Gasteiger partial charge in [-0.15, -0.1) is 0 Å². The lowest BCUT2D eigenvalue weighted by atomic mass is 10.1. The summed E-state index contributed by atoms with van der Waals surface area (Å²) < 4.78 is 19.3. The van der Waals surface area contributed by atoms with E-state index < -0.39 is 0 Å². The van der Waals surface area contributed by atoms with Gasteiger partial charge in [-0.3, -0.25) is 4.90 Å². The van der Waals surface area contributed by atoms with Crippen molar-refractivity contribution in [1.82, 2.24) is 14.5 Å². The first kappa shape index (κ1) is 27.6. The Morgan fingerprint density at radius 2 is 1.50 bits per heavy atom. The van der Waals surface area contributed by atoms with E-state index in [4.69, 9.17) is 19.2 Å². The molecule has 0 radical (unpaired) electrons. The van der Waals surface area contributed by atoms with E-state index in [2.05, 4.69) is 101 Å². The van der Waals surface area contributed by atoms with Crippen molar-refractivity contribution in [2.24, 2.45) is 0 Å². The van der Waals surface area contributed by atoms with Gasteiger partial charge in [0.2, 0.25) is 6.79 Å². The summed E-state index contributed by atoms with van der Waals surface area (Å²) in [4.78, 5) is 7.83. The Hall–Kier alpha value is -4.55. The fourth-order valence-corrected chi connectivity index (χ4v) is 5.53. The van der Waals surface area contributed by atoms with Gasteiger partial charge in [0.25, 0.3) is 0 Å². The summed E-state index contributed by atoms with van der Waals surface area (Å²) in [5, 5.41) is 0. The first-order chi connectivity index (χ1) is 20.7. The van der Waals surface area contributed by atoms with Crippen molar-refractivity contribution in [3.05, 3.63) is 120 Å². The van der Waals surface area contributed by atoms with Gasteiger partial charge in [0.1, 0.15) is 11.6 Å². The zero-order chi connectivity index (χ0) is 28.7. The molecule has 4 aromatic carbocycles. The van der Waals surface area contributed by atoms with Crippen LogP contribution in [-0.4, -0.2) is 28.4 Å². The number of hydrogen-bond donors (Lipinski definition) is 0. The largest absolute Gasteiger partial charge is 0.497 e. The second-order valence-corrected chi connectivity index (χ2v) is 10.7. The van der Waals surface area contributed by atoms with Gasteiger partial charge in [0.05, 0.1) is 18.5 Å². The first-order valence-corrected chi connectivity index (χ1v) is 14.7. The highest BCUT2D eigenvalue weighted by atomic mass is 16.7. The van der Waals surface area contributed by atoms with Crippen LogP contribution in [0.4, 0.5) is 0 Å². The third-order valence-corrected chi connectivity index (χ3v) is 7.65. The van der Waals surface area contributed by atoms with Gasteiger partial charge < -0.3 is 18.8 Å². The van der Waals surface area contributed by atoms with Crippen molar-refractivity contribution >= 4 is 0 Å². The maximum Gasteiger partial charge on any atom is 0.231 e. The zero-order valence-corrected chi connectivity index (χ0v) is 24.3. The number of methoxy groups -OCH3 is 1. The topological polar surface area (TPSA) is 48.8 Å². The fraction of sp³-hybridized carbons (Fsp3) is 0.250. The zero-order valence-electron chi connectivity index (χ0n) is 24.3. The molecule has 1 aliphatic heterocycles. The van der Waals surface area contributed by atoms with E-state index in [1.165, 1.54) is 16.8 Å². The van der Waals surface area contributed by atoms with E-state index in [-0.39, 0.29) is 6.79 Å². The minimum atomic E-state index is 0.274. The average Bonchev–Trinajstić information content (AvgIpc) is 3.65. The van der Waals surface area contributed by atoms with E-state index in [1.807, 2.05) is 18.2 Å². The molecule has 1 aromatic heterocycles. The Kier molecular flexibility index (Phi) is 8.52. The molecule has 42 heavy (non-hydrogen) atoms. The number of benzene rings is 4. The lowest BCUT2D eigenvalue weighted by Crippen LogP contribution is -2.24. The monoisotopic (exact) mass is 559 g/mol. The number of rotatable bonds is 12. The van der Waals surface area contributed by atoms with Crippen LogP contribution in [0.2, 0.25) is 0 Å². The van der Waals surface area contributed by atoms with Gasteiger partial charge in [-0.2, -0.15) is 0 Å². The normalized spacial score (nSPS) is 12.2. The molecule has 0 atom stereocenters. The quantitative estimate of drug-likeness (QED) is 0.155.